The van der Waals surface area contributed by atoms with Crippen molar-refractivity contribution in [1.82, 2.24) is 15.3 Å². The Morgan fingerprint density at radius 3 is 2.70 bits per heavy atom. The van der Waals surface area contributed by atoms with Crippen molar-refractivity contribution < 1.29 is 4.92 Å². The molecule has 1 atom stereocenters. The van der Waals surface area contributed by atoms with Crippen LogP contribution in [0.1, 0.15) is 25.7 Å². The highest BCUT2D eigenvalue weighted by Gasteiger charge is 2.37. The number of hydrogen-bond acceptors (Lipinski definition) is 6. The molecule has 1 N–H and O–H groups in total. The van der Waals surface area contributed by atoms with Crippen LogP contribution >= 0.6 is 0 Å². The van der Waals surface area contributed by atoms with Gasteiger partial charge in [-0.1, -0.05) is 0 Å². The standard InChI is InChI=1S/C13H19N5O2/c19-18(20)11-7-15-12(16-8-11)17-6-2-4-13(10-17)3-1-5-14-9-13/h7-8,14H,1-6,9-10H2. The van der Waals surface area contributed by atoms with Crippen molar-refractivity contribution in [1.29, 1.82) is 0 Å². The van der Waals surface area contributed by atoms with Crippen molar-refractivity contribution in [2.24, 2.45) is 5.41 Å². The first-order valence-corrected chi connectivity index (χ1v) is 7.11. The summed E-state index contributed by atoms with van der Waals surface area (Å²) < 4.78 is 0. The van der Waals surface area contributed by atoms with Crippen molar-refractivity contribution in [3.63, 3.8) is 0 Å². The second kappa shape index (κ2) is 5.32. The molecule has 1 unspecified atom stereocenters. The minimum atomic E-state index is -0.466. The van der Waals surface area contributed by atoms with Gasteiger partial charge in [0.1, 0.15) is 12.4 Å². The van der Waals surface area contributed by atoms with Crippen LogP contribution in [0.15, 0.2) is 12.4 Å². The number of hydrogen-bond donors (Lipinski definition) is 1. The van der Waals surface area contributed by atoms with Gasteiger partial charge in [-0.05, 0) is 32.2 Å². The van der Waals surface area contributed by atoms with E-state index in [0.29, 0.717) is 11.4 Å². The summed E-state index contributed by atoms with van der Waals surface area (Å²) in [6.45, 7) is 4.03. The van der Waals surface area contributed by atoms with Gasteiger partial charge >= 0.3 is 5.69 Å². The van der Waals surface area contributed by atoms with E-state index in [-0.39, 0.29) is 5.69 Å². The number of nitro groups is 1. The molecular weight excluding hydrogens is 258 g/mol. The van der Waals surface area contributed by atoms with E-state index < -0.39 is 4.92 Å². The molecule has 3 rings (SSSR count). The van der Waals surface area contributed by atoms with Crippen LogP contribution in [-0.4, -0.2) is 41.1 Å². The molecular formula is C13H19N5O2. The Morgan fingerprint density at radius 1 is 1.30 bits per heavy atom. The molecule has 0 saturated carbocycles. The molecule has 1 spiro atoms. The molecule has 1 aromatic rings. The van der Waals surface area contributed by atoms with Gasteiger partial charge in [0.05, 0.1) is 4.92 Å². The lowest BCUT2D eigenvalue weighted by molar-refractivity contribution is -0.385. The Bertz CT molecular complexity index is 479. The highest BCUT2D eigenvalue weighted by molar-refractivity contribution is 5.35. The highest BCUT2D eigenvalue weighted by Crippen LogP contribution is 2.36. The van der Waals surface area contributed by atoms with Crippen LogP contribution in [0.3, 0.4) is 0 Å². The molecule has 3 heterocycles. The molecule has 0 amide bonds. The molecule has 0 bridgehead atoms. The molecule has 7 nitrogen and oxygen atoms in total. The predicted molar refractivity (Wildman–Crippen MR) is 74.7 cm³/mol. The fourth-order valence-electron chi connectivity index (χ4n) is 3.33. The molecule has 7 heteroatoms. The van der Waals surface area contributed by atoms with E-state index in [1.54, 1.807) is 0 Å². The first-order chi connectivity index (χ1) is 9.69. The van der Waals surface area contributed by atoms with Crippen molar-refractivity contribution in [2.75, 3.05) is 31.1 Å². The average molecular weight is 277 g/mol. The summed E-state index contributed by atoms with van der Waals surface area (Å²) in [6.07, 6.45) is 7.41. The molecule has 108 valence electrons. The summed E-state index contributed by atoms with van der Waals surface area (Å²) in [4.78, 5) is 20.6. The molecule has 2 aliphatic rings. The van der Waals surface area contributed by atoms with Crippen LogP contribution in [0.4, 0.5) is 11.6 Å². The topological polar surface area (TPSA) is 84.2 Å². The number of nitrogens with one attached hydrogen (secondary N) is 1. The number of anilines is 1. The summed E-state index contributed by atoms with van der Waals surface area (Å²) in [5.41, 5.74) is 0.265. The van der Waals surface area contributed by atoms with Gasteiger partial charge in [0.25, 0.3) is 0 Å². The lowest BCUT2D eigenvalue weighted by Gasteiger charge is -2.45. The number of nitrogens with zero attached hydrogens (tertiary/aromatic N) is 4. The maximum Gasteiger partial charge on any atom is 0.305 e. The van der Waals surface area contributed by atoms with Crippen LogP contribution in [-0.2, 0) is 0 Å². The zero-order valence-corrected chi connectivity index (χ0v) is 11.4. The van der Waals surface area contributed by atoms with Crippen molar-refractivity contribution in [3.8, 4) is 0 Å². The summed E-state index contributed by atoms with van der Waals surface area (Å²) in [6, 6.07) is 0. The Morgan fingerprint density at radius 2 is 2.05 bits per heavy atom. The van der Waals surface area contributed by atoms with Crippen LogP contribution in [0.2, 0.25) is 0 Å². The number of aromatic nitrogens is 2. The van der Waals surface area contributed by atoms with Gasteiger partial charge in [0.2, 0.25) is 5.95 Å². The minimum absolute atomic E-state index is 0.0557. The second-order valence-electron chi connectivity index (χ2n) is 5.80. The monoisotopic (exact) mass is 277 g/mol. The molecule has 0 aromatic carbocycles. The summed E-state index contributed by atoms with van der Waals surface area (Å²) in [5, 5.41) is 14.1. The van der Waals surface area contributed by atoms with E-state index in [1.165, 1.54) is 31.7 Å². The second-order valence-corrected chi connectivity index (χ2v) is 5.80. The third kappa shape index (κ3) is 2.58. The fraction of sp³-hybridized carbons (Fsp3) is 0.692. The van der Waals surface area contributed by atoms with Crippen molar-refractivity contribution in [2.45, 2.75) is 25.7 Å². The Balaban J connectivity index is 1.74. The van der Waals surface area contributed by atoms with Gasteiger partial charge in [0.15, 0.2) is 0 Å². The Kier molecular flexibility index (Phi) is 3.52. The van der Waals surface area contributed by atoms with Crippen LogP contribution < -0.4 is 10.2 Å². The number of piperidine rings is 2. The van der Waals surface area contributed by atoms with E-state index >= 15 is 0 Å². The predicted octanol–water partition coefficient (Wildman–Crippen LogP) is 1.35. The van der Waals surface area contributed by atoms with Gasteiger partial charge in [-0.2, -0.15) is 0 Å². The normalized spacial score (nSPS) is 26.7. The summed E-state index contributed by atoms with van der Waals surface area (Å²) >= 11 is 0. The van der Waals surface area contributed by atoms with Gasteiger partial charge < -0.3 is 10.2 Å². The van der Waals surface area contributed by atoms with Crippen LogP contribution in [0.5, 0.6) is 0 Å². The van der Waals surface area contributed by atoms with Gasteiger partial charge in [-0.15, -0.1) is 0 Å². The van der Waals surface area contributed by atoms with E-state index in [9.17, 15) is 10.1 Å². The number of rotatable bonds is 2. The first kappa shape index (κ1) is 13.2. The molecule has 20 heavy (non-hydrogen) atoms. The first-order valence-electron chi connectivity index (χ1n) is 7.11. The van der Waals surface area contributed by atoms with Gasteiger partial charge in [0, 0.05) is 25.0 Å². The van der Waals surface area contributed by atoms with E-state index in [4.69, 9.17) is 0 Å². The third-order valence-corrected chi connectivity index (χ3v) is 4.34. The maximum atomic E-state index is 10.6. The largest absolute Gasteiger partial charge is 0.340 e. The zero-order valence-electron chi connectivity index (χ0n) is 11.4. The molecule has 2 saturated heterocycles. The highest BCUT2D eigenvalue weighted by atomic mass is 16.6. The van der Waals surface area contributed by atoms with E-state index in [2.05, 4.69) is 20.2 Å². The smallest absolute Gasteiger partial charge is 0.305 e. The maximum absolute atomic E-state index is 10.6. The lowest BCUT2D eigenvalue weighted by Crippen LogP contribution is -2.51. The average Bonchev–Trinajstić information content (AvgIpc) is 2.48. The molecule has 2 aliphatic heterocycles. The van der Waals surface area contributed by atoms with Crippen molar-refractivity contribution in [3.05, 3.63) is 22.5 Å². The molecule has 0 aliphatic carbocycles. The van der Waals surface area contributed by atoms with Gasteiger partial charge in [-0.3, -0.25) is 10.1 Å². The Labute approximate surface area is 117 Å². The molecule has 1 aromatic heterocycles. The fourth-order valence-corrected chi connectivity index (χ4v) is 3.33. The summed E-state index contributed by atoms with van der Waals surface area (Å²) in [5.74, 6) is 0.611. The lowest BCUT2D eigenvalue weighted by atomic mass is 9.74. The van der Waals surface area contributed by atoms with Crippen molar-refractivity contribution >= 4 is 11.6 Å². The molecule has 0 radical (unpaired) electrons. The van der Waals surface area contributed by atoms with E-state index in [1.807, 2.05) is 0 Å². The third-order valence-electron chi connectivity index (χ3n) is 4.34. The zero-order chi connectivity index (χ0) is 14.0. The molecule has 2 fully saturated rings. The van der Waals surface area contributed by atoms with Crippen LogP contribution in [0.25, 0.3) is 0 Å². The summed E-state index contributed by atoms with van der Waals surface area (Å²) in [7, 11) is 0. The van der Waals surface area contributed by atoms with E-state index in [0.717, 1.165) is 32.6 Å². The van der Waals surface area contributed by atoms with Gasteiger partial charge in [-0.25, -0.2) is 9.97 Å². The quantitative estimate of drug-likeness (QED) is 0.649. The Hall–Kier alpha value is -1.76. The SMILES string of the molecule is O=[N+]([O-])c1cnc(N2CCCC3(CCCNC3)C2)nc1. The minimum Gasteiger partial charge on any atom is -0.340 e. The van der Waals surface area contributed by atoms with Crippen LogP contribution in [0, 0.1) is 15.5 Å².